The maximum atomic E-state index is 14.6. The first-order valence-electron chi connectivity index (χ1n) is 9.41. The van der Waals surface area contributed by atoms with E-state index in [1.807, 2.05) is 18.2 Å². The summed E-state index contributed by atoms with van der Waals surface area (Å²) in [5.41, 5.74) is 7.42. The van der Waals surface area contributed by atoms with Gasteiger partial charge in [-0.2, -0.15) is 5.10 Å². The molecule has 2 amide bonds. The number of nitrogens with zero attached hydrogens (tertiary/aromatic N) is 4. The molecule has 3 N–H and O–H groups in total. The van der Waals surface area contributed by atoms with Gasteiger partial charge in [0.05, 0.1) is 11.4 Å². The Bertz CT molecular complexity index is 1380. The van der Waals surface area contributed by atoms with E-state index in [4.69, 9.17) is 5.73 Å². The van der Waals surface area contributed by atoms with Gasteiger partial charge in [0.1, 0.15) is 11.5 Å². The van der Waals surface area contributed by atoms with Crippen molar-refractivity contribution in [3.05, 3.63) is 95.2 Å². The average Bonchev–Trinajstić information content (AvgIpc) is 3.08. The summed E-state index contributed by atoms with van der Waals surface area (Å²) in [6.45, 7) is 0. The van der Waals surface area contributed by atoms with Gasteiger partial charge in [0.2, 0.25) is 0 Å². The predicted molar refractivity (Wildman–Crippen MR) is 111 cm³/mol. The minimum Gasteiger partial charge on any atom is -0.364 e. The average molecular weight is 414 g/mol. The van der Waals surface area contributed by atoms with E-state index in [-0.39, 0.29) is 17.1 Å². The van der Waals surface area contributed by atoms with Crippen molar-refractivity contribution < 1.29 is 14.0 Å². The Morgan fingerprint density at radius 1 is 1.06 bits per heavy atom. The second-order valence-corrected chi connectivity index (χ2v) is 6.90. The summed E-state index contributed by atoms with van der Waals surface area (Å²) in [7, 11) is 0. The van der Waals surface area contributed by atoms with Crippen LogP contribution < -0.4 is 11.1 Å². The Balaban J connectivity index is 1.79. The van der Waals surface area contributed by atoms with Gasteiger partial charge >= 0.3 is 0 Å². The number of amides is 2. The van der Waals surface area contributed by atoms with Crippen LogP contribution in [-0.4, -0.2) is 32.1 Å². The molecule has 9 heteroatoms. The number of aliphatic imine (C=N–C) groups is 1. The smallest absolute Gasteiger partial charge is 0.269 e. The van der Waals surface area contributed by atoms with E-state index in [9.17, 15) is 14.0 Å². The molecule has 4 aromatic rings. The van der Waals surface area contributed by atoms with E-state index in [1.54, 1.807) is 36.4 Å². The number of primary amides is 1. The van der Waals surface area contributed by atoms with E-state index < -0.39 is 23.7 Å². The Morgan fingerprint density at radius 2 is 1.87 bits per heavy atom. The summed E-state index contributed by atoms with van der Waals surface area (Å²) < 4.78 is 15.9. The van der Waals surface area contributed by atoms with E-state index in [0.717, 1.165) is 0 Å². The number of carbonyl (C=O) groups is 2. The number of para-hydroxylation sites is 1. The van der Waals surface area contributed by atoms with Gasteiger partial charge in [-0.3, -0.25) is 14.6 Å². The number of rotatable bonds is 3. The number of halogens is 1. The molecule has 5 rings (SSSR count). The summed E-state index contributed by atoms with van der Waals surface area (Å²) in [5.74, 6) is -2.04. The zero-order valence-electron chi connectivity index (χ0n) is 16.0. The number of hydrogen-bond donors (Lipinski definition) is 2. The maximum absolute atomic E-state index is 14.6. The van der Waals surface area contributed by atoms with Crippen LogP contribution in [0, 0.1) is 5.82 Å². The van der Waals surface area contributed by atoms with Crippen LogP contribution in [0.25, 0.3) is 5.65 Å². The van der Waals surface area contributed by atoms with Crippen LogP contribution in [0.1, 0.15) is 33.4 Å². The fourth-order valence-corrected chi connectivity index (χ4v) is 3.64. The number of hydrogen-bond acceptors (Lipinski definition) is 5. The van der Waals surface area contributed by atoms with Gasteiger partial charge in [-0.05, 0) is 18.2 Å². The lowest BCUT2D eigenvalue weighted by Crippen LogP contribution is -2.24. The molecule has 3 heterocycles. The van der Waals surface area contributed by atoms with Gasteiger partial charge < -0.3 is 11.1 Å². The fourth-order valence-electron chi connectivity index (χ4n) is 3.64. The Labute approximate surface area is 175 Å². The van der Waals surface area contributed by atoms with Crippen molar-refractivity contribution in [3.8, 4) is 0 Å². The van der Waals surface area contributed by atoms with Gasteiger partial charge in [0.25, 0.3) is 11.8 Å². The van der Waals surface area contributed by atoms with E-state index in [0.29, 0.717) is 22.5 Å². The zero-order chi connectivity index (χ0) is 21.5. The molecule has 0 aliphatic carbocycles. The molecule has 0 bridgehead atoms. The summed E-state index contributed by atoms with van der Waals surface area (Å²) in [4.78, 5) is 34.4. The lowest BCUT2D eigenvalue weighted by atomic mass is 10.0. The maximum Gasteiger partial charge on any atom is 0.269 e. The molecule has 1 aliphatic heterocycles. The van der Waals surface area contributed by atoms with Gasteiger partial charge in [0, 0.05) is 17.3 Å². The van der Waals surface area contributed by atoms with Gasteiger partial charge in [-0.25, -0.2) is 13.9 Å². The highest BCUT2D eigenvalue weighted by Gasteiger charge is 2.34. The van der Waals surface area contributed by atoms with Gasteiger partial charge in [-0.1, -0.05) is 42.5 Å². The highest BCUT2D eigenvalue weighted by atomic mass is 19.1. The van der Waals surface area contributed by atoms with Crippen molar-refractivity contribution in [2.75, 3.05) is 5.32 Å². The SMILES string of the molecule is NC(=O)c1c([C@@H]2N=C(c3ccccc3)c3cccc(F)c3NC2=O)nc2cccnn12. The Hall–Kier alpha value is -4.40. The summed E-state index contributed by atoms with van der Waals surface area (Å²) in [6, 6.07) is 15.6. The third kappa shape index (κ3) is 3.03. The minimum absolute atomic E-state index is 0.0140. The molecule has 31 heavy (non-hydrogen) atoms. The van der Waals surface area contributed by atoms with Crippen LogP contribution in [0.4, 0.5) is 10.1 Å². The number of aromatic nitrogens is 3. The number of fused-ring (bicyclic) bond motifs is 2. The third-order valence-electron chi connectivity index (χ3n) is 4.98. The molecule has 2 aromatic heterocycles. The number of benzene rings is 2. The second kappa shape index (κ2) is 7.13. The van der Waals surface area contributed by atoms with E-state index in [2.05, 4.69) is 20.4 Å². The number of carbonyl (C=O) groups excluding carboxylic acids is 2. The summed E-state index contributed by atoms with van der Waals surface area (Å²) in [6.07, 6.45) is 1.47. The van der Waals surface area contributed by atoms with E-state index >= 15 is 0 Å². The molecule has 0 spiro atoms. The second-order valence-electron chi connectivity index (χ2n) is 6.90. The van der Waals surface area contributed by atoms with Gasteiger partial charge in [0.15, 0.2) is 17.4 Å². The molecular formula is C22H15FN6O2. The van der Waals surface area contributed by atoms with Gasteiger partial charge in [-0.15, -0.1) is 0 Å². The molecule has 1 aliphatic rings. The molecule has 0 saturated carbocycles. The van der Waals surface area contributed by atoms with Crippen LogP contribution in [0.5, 0.6) is 0 Å². The topological polar surface area (TPSA) is 115 Å². The Morgan fingerprint density at radius 3 is 2.65 bits per heavy atom. The first kappa shape index (κ1) is 18.6. The first-order chi connectivity index (χ1) is 15.0. The van der Waals surface area contributed by atoms with Crippen molar-refractivity contribution in [3.63, 3.8) is 0 Å². The molecule has 2 aromatic carbocycles. The molecule has 152 valence electrons. The van der Waals surface area contributed by atoms with Crippen molar-refractivity contribution in [2.24, 2.45) is 10.7 Å². The van der Waals surface area contributed by atoms with Crippen LogP contribution in [0.15, 0.2) is 71.9 Å². The van der Waals surface area contributed by atoms with Crippen LogP contribution in [-0.2, 0) is 4.79 Å². The summed E-state index contributed by atoms with van der Waals surface area (Å²) in [5, 5.41) is 6.71. The molecule has 0 radical (unpaired) electrons. The van der Waals surface area contributed by atoms with Crippen molar-refractivity contribution in [2.45, 2.75) is 6.04 Å². The minimum atomic E-state index is -1.24. The normalized spacial score (nSPS) is 15.7. The lowest BCUT2D eigenvalue weighted by molar-refractivity contribution is -0.117. The molecule has 0 unspecified atom stereocenters. The highest BCUT2D eigenvalue weighted by molar-refractivity contribution is 6.20. The number of nitrogens with two attached hydrogens (primary N) is 1. The molecule has 0 fully saturated rings. The zero-order valence-corrected chi connectivity index (χ0v) is 16.0. The van der Waals surface area contributed by atoms with Crippen molar-refractivity contribution >= 4 is 28.9 Å². The van der Waals surface area contributed by atoms with Crippen LogP contribution >= 0.6 is 0 Å². The lowest BCUT2D eigenvalue weighted by Gasteiger charge is -2.10. The third-order valence-corrected chi connectivity index (χ3v) is 4.98. The molecular weight excluding hydrogens is 399 g/mol. The first-order valence-corrected chi connectivity index (χ1v) is 9.41. The number of benzodiazepines with no additional fused rings is 1. The largest absolute Gasteiger partial charge is 0.364 e. The number of nitrogens with one attached hydrogen (secondary N) is 1. The number of imidazole rings is 1. The monoisotopic (exact) mass is 414 g/mol. The molecule has 8 nitrogen and oxygen atoms in total. The predicted octanol–water partition coefficient (Wildman–Crippen LogP) is 2.50. The van der Waals surface area contributed by atoms with E-state index in [1.165, 1.54) is 16.8 Å². The molecule has 0 saturated heterocycles. The standard InChI is InChI=1S/C22H15FN6O2/c23-14-9-4-8-13-16(12-6-2-1-3-7-12)27-19(22(31)28-17(13)14)18-20(21(24)30)29-15(26-18)10-5-11-25-29/h1-11,19H,(H2,24,30)(H,28,31)/t19-/m0/s1. The Kier molecular flexibility index (Phi) is 4.28. The van der Waals surface area contributed by atoms with Crippen molar-refractivity contribution in [1.82, 2.24) is 14.6 Å². The fraction of sp³-hybridized carbons (Fsp3) is 0.0455. The highest BCUT2D eigenvalue weighted by Crippen LogP contribution is 2.32. The number of anilines is 1. The van der Waals surface area contributed by atoms with Crippen molar-refractivity contribution in [1.29, 1.82) is 0 Å². The van der Waals surface area contributed by atoms with Crippen LogP contribution in [0.2, 0.25) is 0 Å². The quantitative estimate of drug-likeness (QED) is 0.536. The van der Waals surface area contributed by atoms with Crippen LogP contribution in [0.3, 0.4) is 0 Å². The summed E-state index contributed by atoms with van der Waals surface area (Å²) >= 11 is 0. The molecule has 1 atom stereocenters.